The highest BCUT2D eigenvalue weighted by molar-refractivity contribution is 7.90. The number of rotatable bonds is 4. The van der Waals surface area contributed by atoms with Gasteiger partial charge in [-0.2, -0.15) is 4.98 Å². The van der Waals surface area contributed by atoms with E-state index in [-0.39, 0.29) is 17.0 Å². The Morgan fingerprint density at radius 2 is 1.78 bits per heavy atom. The van der Waals surface area contributed by atoms with Gasteiger partial charge < -0.3 is 19.5 Å². The topological polar surface area (TPSA) is 142 Å². The Morgan fingerprint density at radius 3 is 2.19 bits per heavy atom. The van der Waals surface area contributed by atoms with Gasteiger partial charge in [0.25, 0.3) is 5.56 Å². The highest BCUT2D eigenvalue weighted by Crippen LogP contribution is 2.25. The molecule has 10 nitrogen and oxygen atoms in total. The van der Waals surface area contributed by atoms with E-state index in [1.54, 1.807) is 0 Å². The van der Waals surface area contributed by atoms with Gasteiger partial charge in [0.2, 0.25) is 0 Å². The minimum atomic E-state index is -3.30. The number of aromatic amines is 1. The summed E-state index contributed by atoms with van der Waals surface area (Å²) in [5.74, 6) is 2.12. The van der Waals surface area contributed by atoms with Crippen LogP contribution in [-0.4, -0.2) is 59.1 Å². The molecule has 2 N–H and O–H groups in total. The molecule has 0 spiro atoms. The summed E-state index contributed by atoms with van der Waals surface area (Å²) in [4.78, 5) is 22.4. The third-order valence-electron chi connectivity index (χ3n) is 6.01. The fourth-order valence-electron chi connectivity index (χ4n) is 3.77. The fourth-order valence-corrected chi connectivity index (χ4v) is 4.29. The number of aromatic nitrogens is 4. The SMILES string of the molecule is C=C.CC(C)c1noc(N2CCC(O)CC2)n1.CCC1CCCCC1.CS(=O)(=O)c1c[nH]c(=O)cn1. The Morgan fingerprint density at radius 1 is 1.17 bits per heavy atom. The highest BCUT2D eigenvalue weighted by atomic mass is 32.2. The van der Waals surface area contributed by atoms with Gasteiger partial charge in [-0.05, 0) is 18.8 Å². The van der Waals surface area contributed by atoms with Crippen LogP contribution in [-0.2, 0) is 9.84 Å². The monoisotopic (exact) mass is 525 g/mol. The van der Waals surface area contributed by atoms with Crippen LogP contribution >= 0.6 is 0 Å². The second kappa shape index (κ2) is 16.3. The van der Waals surface area contributed by atoms with Crippen molar-refractivity contribution < 1.29 is 18.0 Å². The molecule has 1 saturated heterocycles. The summed E-state index contributed by atoms with van der Waals surface area (Å²) in [6.07, 6.45) is 13.3. The molecule has 4 rings (SSSR count). The number of hydrogen-bond donors (Lipinski definition) is 2. The third kappa shape index (κ3) is 11.5. The molecule has 11 heteroatoms. The Bertz CT molecular complexity index is 1000. The summed E-state index contributed by atoms with van der Waals surface area (Å²) < 4.78 is 26.7. The average Bonchev–Trinajstić information content (AvgIpc) is 3.38. The maximum Gasteiger partial charge on any atom is 0.324 e. The molecule has 2 aliphatic rings. The lowest BCUT2D eigenvalue weighted by molar-refractivity contribution is 0.143. The highest BCUT2D eigenvalue weighted by Gasteiger charge is 2.22. The first-order valence-electron chi connectivity index (χ1n) is 12.6. The van der Waals surface area contributed by atoms with Crippen molar-refractivity contribution in [3.63, 3.8) is 0 Å². The predicted molar refractivity (Wildman–Crippen MR) is 142 cm³/mol. The van der Waals surface area contributed by atoms with Crippen LogP contribution in [0.5, 0.6) is 0 Å². The summed E-state index contributed by atoms with van der Waals surface area (Å²) in [6, 6.07) is 0.589. The van der Waals surface area contributed by atoms with E-state index < -0.39 is 15.4 Å². The number of anilines is 1. The Labute approximate surface area is 215 Å². The Balaban J connectivity index is 0.000000273. The summed E-state index contributed by atoms with van der Waals surface area (Å²) in [5.41, 5.74) is -0.419. The minimum Gasteiger partial charge on any atom is -0.393 e. The molecule has 0 amide bonds. The first kappa shape index (κ1) is 31.5. The lowest BCUT2D eigenvalue weighted by Gasteiger charge is -2.27. The number of aliphatic hydroxyl groups is 1. The zero-order chi connectivity index (χ0) is 27.1. The molecule has 36 heavy (non-hydrogen) atoms. The summed E-state index contributed by atoms with van der Waals surface area (Å²) in [6.45, 7) is 14.0. The lowest BCUT2D eigenvalue weighted by atomic mass is 9.88. The van der Waals surface area contributed by atoms with E-state index in [1.807, 2.05) is 18.7 Å². The zero-order valence-electron chi connectivity index (χ0n) is 22.1. The molecule has 1 aliphatic carbocycles. The van der Waals surface area contributed by atoms with Crippen molar-refractivity contribution in [1.29, 1.82) is 0 Å². The second-order valence-corrected chi connectivity index (χ2v) is 11.2. The number of aliphatic hydroxyl groups excluding tert-OH is 1. The number of nitrogens with zero attached hydrogens (tertiary/aromatic N) is 4. The molecule has 0 bridgehead atoms. The van der Waals surface area contributed by atoms with Gasteiger partial charge in [0.1, 0.15) is 0 Å². The van der Waals surface area contributed by atoms with Gasteiger partial charge in [0.05, 0.1) is 12.3 Å². The number of hydrogen-bond acceptors (Lipinski definition) is 9. The molecule has 1 aliphatic heterocycles. The van der Waals surface area contributed by atoms with Gasteiger partial charge in [-0.15, -0.1) is 13.2 Å². The number of sulfone groups is 1. The van der Waals surface area contributed by atoms with Crippen LogP contribution in [0.4, 0.5) is 6.01 Å². The Kier molecular flexibility index (Phi) is 14.2. The third-order valence-corrected chi connectivity index (χ3v) is 6.99. The van der Waals surface area contributed by atoms with E-state index in [1.165, 1.54) is 38.5 Å². The fraction of sp³-hybridized carbons (Fsp3) is 0.680. The maximum atomic E-state index is 10.8. The van der Waals surface area contributed by atoms with Gasteiger partial charge in [0, 0.05) is 31.5 Å². The van der Waals surface area contributed by atoms with Crippen LogP contribution in [0.3, 0.4) is 0 Å². The molecule has 0 radical (unpaired) electrons. The van der Waals surface area contributed by atoms with Crippen molar-refractivity contribution >= 4 is 15.9 Å². The first-order valence-corrected chi connectivity index (χ1v) is 14.5. The van der Waals surface area contributed by atoms with Gasteiger partial charge in [-0.3, -0.25) is 4.79 Å². The van der Waals surface area contributed by atoms with Crippen molar-refractivity contribution in [3.8, 4) is 0 Å². The van der Waals surface area contributed by atoms with Crippen LogP contribution in [0.1, 0.15) is 83.9 Å². The molecule has 204 valence electrons. The van der Waals surface area contributed by atoms with Crippen LogP contribution in [0.25, 0.3) is 0 Å². The van der Waals surface area contributed by atoms with Gasteiger partial charge in [-0.1, -0.05) is 64.5 Å². The largest absolute Gasteiger partial charge is 0.393 e. The van der Waals surface area contributed by atoms with Crippen molar-refractivity contribution in [2.75, 3.05) is 24.2 Å². The summed E-state index contributed by atoms with van der Waals surface area (Å²) >= 11 is 0. The maximum absolute atomic E-state index is 10.8. The Hall–Kier alpha value is -2.53. The van der Waals surface area contributed by atoms with Crippen LogP contribution < -0.4 is 10.5 Å². The molecule has 0 atom stereocenters. The molecule has 2 fully saturated rings. The van der Waals surface area contributed by atoms with E-state index in [0.717, 1.165) is 56.3 Å². The summed E-state index contributed by atoms with van der Waals surface area (Å²) in [7, 11) is -3.30. The van der Waals surface area contributed by atoms with Crippen molar-refractivity contribution in [2.45, 2.75) is 89.2 Å². The average molecular weight is 526 g/mol. The molecule has 0 unspecified atom stereocenters. The van der Waals surface area contributed by atoms with E-state index in [2.05, 4.69) is 40.2 Å². The molecular weight excluding hydrogens is 482 g/mol. The quantitative estimate of drug-likeness (QED) is 0.564. The lowest BCUT2D eigenvalue weighted by Crippen LogP contribution is -2.36. The number of nitrogens with one attached hydrogen (secondary N) is 1. The van der Waals surface area contributed by atoms with E-state index in [9.17, 15) is 18.3 Å². The van der Waals surface area contributed by atoms with Crippen LogP contribution in [0, 0.1) is 5.92 Å². The summed E-state index contributed by atoms with van der Waals surface area (Å²) in [5, 5.41) is 13.2. The van der Waals surface area contributed by atoms with Gasteiger partial charge >= 0.3 is 6.01 Å². The van der Waals surface area contributed by atoms with Gasteiger partial charge in [0.15, 0.2) is 20.7 Å². The second-order valence-electron chi connectivity index (χ2n) is 9.24. The van der Waals surface area contributed by atoms with Crippen molar-refractivity contribution in [2.24, 2.45) is 5.92 Å². The first-order chi connectivity index (χ1) is 17.1. The minimum absolute atomic E-state index is 0.128. The van der Waals surface area contributed by atoms with Gasteiger partial charge in [-0.25, -0.2) is 13.4 Å². The molecule has 3 heterocycles. The van der Waals surface area contributed by atoms with Crippen LogP contribution in [0.2, 0.25) is 0 Å². The molecular formula is C25H43N5O5S. The standard InChI is InChI=1S/C10H17N3O2.C8H16.C5H6N2O3S.C2H4/c1-7(2)9-11-10(15-12-9)13-5-3-8(14)4-6-13;1-2-8-6-4-3-5-7-8;1-11(9,10)5-3-6-4(8)2-7-5;1-2/h7-8,14H,3-6H2,1-2H3;8H,2-7H2,1H3;2-3H,1H3,(H,6,8);1-2H2. The molecule has 1 saturated carbocycles. The predicted octanol–water partition coefficient (Wildman–Crippen LogP) is 4.11. The number of H-pyrrole nitrogens is 1. The van der Waals surface area contributed by atoms with Crippen molar-refractivity contribution in [3.05, 3.63) is 41.7 Å². The zero-order valence-corrected chi connectivity index (χ0v) is 23.0. The number of piperidine rings is 1. The smallest absolute Gasteiger partial charge is 0.324 e. The van der Waals surface area contributed by atoms with Crippen LogP contribution in [0.15, 0.2) is 39.9 Å². The van der Waals surface area contributed by atoms with Crippen molar-refractivity contribution in [1.82, 2.24) is 20.1 Å². The van der Waals surface area contributed by atoms with E-state index >= 15 is 0 Å². The van der Waals surface area contributed by atoms with E-state index in [0.29, 0.717) is 6.01 Å². The molecule has 2 aromatic heterocycles. The molecule has 0 aromatic carbocycles. The van der Waals surface area contributed by atoms with E-state index in [4.69, 9.17) is 4.52 Å². The normalized spacial score (nSPS) is 16.7. The molecule has 2 aromatic rings.